The van der Waals surface area contributed by atoms with Crippen LogP contribution in [-0.4, -0.2) is 4.83 Å². The molecule has 0 heterocycles. The van der Waals surface area contributed by atoms with E-state index in [1.165, 1.54) is 0 Å². The average molecular weight is 310 g/mol. The third-order valence-corrected chi connectivity index (χ3v) is 5.27. The van der Waals surface area contributed by atoms with E-state index in [1.807, 2.05) is 18.2 Å². The summed E-state index contributed by atoms with van der Waals surface area (Å²) in [5, 5.41) is 1.31. The normalized spacial score (nSPS) is 15.4. The zero-order valence-corrected chi connectivity index (χ0v) is 12.2. The summed E-state index contributed by atoms with van der Waals surface area (Å²) in [6.45, 7) is 6.54. The van der Waals surface area contributed by atoms with Crippen LogP contribution in [0, 0.1) is 5.92 Å². The summed E-state index contributed by atoms with van der Waals surface area (Å²) in [5.74, 6) is 0.922. The quantitative estimate of drug-likeness (QED) is 0.645. The SMILES string of the molecule is CC(C)C(Br)C(C)c1cccc(Cl)c1Cl. The van der Waals surface area contributed by atoms with E-state index < -0.39 is 0 Å². The molecule has 0 fully saturated rings. The smallest absolute Gasteiger partial charge is 0.0627 e. The summed E-state index contributed by atoms with van der Waals surface area (Å²) >= 11 is 15.9. The number of benzene rings is 1. The Balaban J connectivity index is 3.01. The van der Waals surface area contributed by atoms with Crippen molar-refractivity contribution in [1.29, 1.82) is 0 Å². The van der Waals surface area contributed by atoms with Gasteiger partial charge in [0.1, 0.15) is 0 Å². The lowest BCUT2D eigenvalue weighted by Gasteiger charge is -2.23. The van der Waals surface area contributed by atoms with Crippen molar-refractivity contribution in [2.45, 2.75) is 31.5 Å². The molecule has 0 aliphatic heterocycles. The first kappa shape index (κ1) is 13.3. The minimum absolute atomic E-state index is 0.358. The molecule has 1 aromatic rings. The van der Waals surface area contributed by atoms with Crippen LogP contribution in [-0.2, 0) is 0 Å². The Morgan fingerprint density at radius 3 is 2.27 bits per heavy atom. The van der Waals surface area contributed by atoms with Gasteiger partial charge in [-0.15, -0.1) is 0 Å². The highest BCUT2D eigenvalue weighted by Crippen LogP contribution is 2.36. The van der Waals surface area contributed by atoms with Gasteiger partial charge in [0.2, 0.25) is 0 Å². The average Bonchev–Trinajstić information content (AvgIpc) is 2.20. The highest BCUT2D eigenvalue weighted by atomic mass is 79.9. The summed E-state index contributed by atoms with van der Waals surface area (Å²) in [6.07, 6.45) is 0. The molecule has 2 atom stereocenters. The van der Waals surface area contributed by atoms with Gasteiger partial charge in [-0.05, 0) is 23.5 Å². The van der Waals surface area contributed by atoms with E-state index in [0.29, 0.717) is 26.7 Å². The van der Waals surface area contributed by atoms with Crippen molar-refractivity contribution in [2.24, 2.45) is 5.92 Å². The third-order valence-electron chi connectivity index (χ3n) is 2.59. The van der Waals surface area contributed by atoms with Gasteiger partial charge >= 0.3 is 0 Å². The monoisotopic (exact) mass is 308 g/mol. The molecule has 1 aromatic carbocycles. The highest BCUT2D eigenvalue weighted by Gasteiger charge is 2.21. The molecule has 0 nitrogen and oxygen atoms in total. The minimum Gasteiger partial charge on any atom is -0.0881 e. The molecule has 0 aliphatic carbocycles. The first-order valence-corrected chi connectivity index (χ1v) is 6.70. The Kier molecular flexibility index (Phi) is 4.95. The molecule has 84 valence electrons. The Labute approximate surface area is 110 Å². The van der Waals surface area contributed by atoms with Crippen LogP contribution in [0.15, 0.2) is 18.2 Å². The standard InChI is InChI=1S/C12H15BrCl2/c1-7(2)11(13)8(3)9-5-4-6-10(14)12(9)15/h4-8,11H,1-3H3. The first-order chi connectivity index (χ1) is 6.95. The molecule has 0 bridgehead atoms. The van der Waals surface area contributed by atoms with E-state index >= 15 is 0 Å². The molecular weight excluding hydrogens is 295 g/mol. The molecule has 0 amide bonds. The fourth-order valence-corrected chi connectivity index (χ4v) is 2.39. The second-order valence-corrected chi connectivity index (χ2v) is 5.96. The van der Waals surface area contributed by atoms with Gasteiger partial charge in [-0.3, -0.25) is 0 Å². The second kappa shape index (κ2) is 5.56. The fraction of sp³-hybridized carbons (Fsp3) is 0.500. The zero-order chi connectivity index (χ0) is 11.6. The van der Waals surface area contributed by atoms with Crippen LogP contribution in [0.2, 0.25) is 10.0 Å². The van der Waals surface area contributed by atoms with E-state index in [1.54, 1.807) is 0 Å². The molecule has 0 saturated heterocycles. The number of hydrogen-bond acceptors (Lipinski definition) is 0. The van der Waals surface area contributed by atoms with Crippen molar-refractivity contribution < 1.29 is 0 Å². The van der Waals surface area contributed by atoms with Crippen LogP contribution in [0.1, 0.15) is 32.3 Å². The van der Waals surface area contributed by atoms with Crippen LogP contribution in [0.5, 0.6) is 0 Å². The van der Waals surface area contributed by atoms with Gasteiger partial charge in [0, 0.05) is 4.83 Å². The van der Waals surface area contributed by atoms with Crippen molar-refractivity contribution in [2.75, 3.05) is 0 Å². The molecular formula is C12H15BrCl2. The van der Waals surface area contributed by atoms with Crippen molar-refractivity contribution in [1.82, 2.24) is 0 Å². The Morgan fingerprint density at radius 2 is 1.73 bits per heavy atom. The maximum atomic E-state index is 6.18. The number of halogens is 3. The molecule has 0 aromatic heterocycles. The van der Waals surface area contributed by atoms with Crippen LogP contribution < -0.4 is 0 Å². The number of rotatable bonds is 3. The molecule has 1 rings (SSSR count). The van der Waals surface area contributed by atoms with Gasteiger partial charge in [0.25, 0.3) is 0 Å². The Morgan fingerprint density at radius 1 is 1.13 bits per heavy atom. The van der Waals surface area contributed by atoms with E-state index in [4.69, 9.17) is 23.2 Å². The van der Waals surface area contributed by atoms with Gasteiger partial charge in [0.15, 0.2) is 0 Å². The number of hydrogen-bond donors (Lipinski definition) is 0. The van der Waals surface area contributed by atoms with Crippen molar-refractivity contribution in [3.8, 4) is 0 Å². The van der Waals surface area contributed by atoms with Gasteiger partial charge in [-0.1, -0.05) is 72.0 Å². The van der Waals surface area contributed by atoms with E-state index in [0.717, 1.165) is 5.56 Å². The minimum atomic E-state index is 0.358. The second-order valence-electron chi connectivity index (χ2n) is 4.12. The number of alkyl halides is 1. The summed E-state index contributed by atoms with van der Waals surface area (Å²) in [4.78, 5) is 0.411. The van der Waals surface area contributed by atoms with E-state index in [9.17, 15) is 0 Å². The molecule has 0 radical (unpaired) electrons. The maximum Gasteiger partial charge on any atom is 0.0627 e. The maximum absolute atomic E-state index is 6.18. The van der Waals surface area contributed by atoms with E-state index in [-0.39, 0.29) is 0 Å². The summed E-state index contributed by atoms with van der Waals surface area (Å²) in [7, 11) is 0. The van der Waals surface area contributed by atoms with E-state index in [2.05, 4.69) is 36.7 Å². The fourth-order valence-electron chi connectivity index (χ4n) is 1.62. The summed E-state index contributed by atoms with van der Waals surface area (Å²) in [6, 6.07) is 5.80. The molecule has 0 saturated carbocycles. The molecule has 15 heavy (non-hydrogen) atoms. The first-order valence-electron chi connectivity index (χ1n) is 5.03. The Hall–Kier alpha value is 0.280. The molecule has 0 N–H and O–H groups in total. The van der Waals surface area contributed by atoms with Crippen molar-refractivity contribution in [3.63, 3.8) is 0 Å². The highest BCUT2D eigenvalue weighted by molar-refractivity contribution is 9.09. The lowest BCUT2D eigenvalue weighted by molar-refractivity contribution is 0.550. The summed E-state index contributed by atoms with van der Waals surface area (Å²) < 4.78 is 0. The van der Waals surface area contributed by atoms with Gasteiger partial charge in [-0.2, -0.15) is 0 Å². The molecule has 0 aliphatic rings. The van der Waals surface area contributed by atoms with Gasteiger partial charge in [-0.25, -0.2) is 0 Å². The van der Waals surface area contributed by atoms with Crippen LogP contribution >= 0.6 is 39.1 Å². The van der Waals surface area contributed by atoms with Crippen LogP contribution in [0.4, 0.5) is 0 Å². The third kappa shape index (κ3) is 3.12. The predicted molar refractivity (Wildman–Crippen MR) is 72.4 cm³/mol. The molecule has 2 unspecified atom stereocenters. The van der Waals surface area contributed by atoms with Gasteiger partial charge < -0.3 is 0 Å². The van der Waals surface area contributed by atoms with Crippen molar-refractivity contribution in [3.05, 3.63) is 33.8 Å². The van der Waals surface area contributed by atoms with Crippen LogP contribution in [0.3, 0.4) is 0 Å². The molecule has 3 heteroatoms. The largest absolute Gasteiger partial charge is 0.0881 e. The van der Waals surface area contributed by atoms with Gasteiger partial charge in [0.05, 0.1) is 10.0 Å². The molecule has 0 spiro atoms. The lowest BCUT2D eigenvalue weighted by atomic mass is 9.92. The predicted octanol–water partition coefficient (Wildman–Crippen LogP) is 5.52. The zero-order valence-electron chi connectivity index (χ0n) is 9.10. The topological polar surface area (TPSA) is 0 Å². The Bertz CT molecular complexity index is 336. The summed E-state index contributed by atoms with van der Waals surface area (Å²) in [5.41, 5.74) is 1.11. The van der Waals surface area contributed by atoms with Crippen LogP contribution in [0.25, 0.3) is 0 Å². The lowest BCUT2D eigenvalue weighted by Crippen LogP contribution is -2.16. The van der Waals surface area contributed by atoms with Crippen molar-refractivity contribution >= 4 is 39.1 Å².